The van der Waals surface area contributed by atoms with Crippen molar-refractivity contribution in [3.05, 3.63) is 170 Å². The molecular formula is C48H28O. The molecule has 0 aliphatic heterocycles. The van der Waals surface area contributed by atoms with Crippen LogP contribution in [0.4, 0.5) is 0 Å². The lowest BCUT2D eigenvalue weighted by molar-refractivity contribution is 0.483. The topological polar surface area (TPSA) is 9.23 Å². The first-order valence-electron chi connectivity index (χ1n) is 16.9. The predicted octanol–water partition coefficient (Wildman–Crippen LogP) is 13.6. The summed E-state index contributed by atoms with van der Waals surface area (Å²) in [6, 6.07) is 61.6. The van der Waals surface area contributed by atoms with Gasteiger partial charge in [0.1, 0.15) is 11.5 Å². The number of para-hydroxylation sites is 1. The highest BCUT2D eigenvalue weighted by Crippen LogP contribution is 2.58. The Morgan fingerprint density at radius 1 is 0.265 bits per heavy atom. The molecule has 0 saturated carbocycles. The molecule has 1 heteroatoms. The fraction of sp³-hybridized carbons (Fsp3) is 0. The van der Waals surface area contributed by atoms with Crippen molar-refractivity contribution in [2.24, 2.45) is 0 Å². The minimum Gasteiger partial charge on any atom is -0.457 e. The van der Waals surface area contributed by atoms with E-state index in [-0.39, 0.29) is 0 Å². The standard InChI is InChI=1S/C48H28O/c1-4-12-29(13-5-1)45-34-18-10-11-19-35(34)46(30-14-6-2-7-15-30)44-28-42-39-25-24-37-40-26-32(49-31-16-8-3-9-17-31)20-21-33(40)36-22-23-38(48(39)47(36)37)41(42)27-43(44)45/h1-28H. The minimum absolute atomic E-state index is 0.846. The van der Waals surface area contributed by atoms with Crippen molar-refractivity contribution in [1.29, 1.82) is 0 Å². The summed E-state index contributed by atoms with van der Waals surface area (Å²) < 4.78 is 6.28. The molecule has 0 aromatic heterocycles. The third-order valence-electron chi connectivity index (χ3n) is 10.6. The highest BCUT2D eigenvalue weighted by Gasteiger charge is 2.31. The Labute approximate surface area is 284 Å². The van der Waals surface area contributed by atoms with Gasteiger partial charge in [-0.25, -0.2) is 0 Å². The second-order valence-electron chi connectivity index (χ2n) is 13.2. The molecule has 0 heterocycles. The quantitative estimate of drug-likeness (QED) is 0.178. The molecule has 0 amide bonds. The first kappa shape index (κ1) is 26.6. The van der Waals surface area contributed by atoms with Gasteiger partial charge in [-0.2, -0.15) is 0 Å². The van der Waals surface area contributed by atoms with Crippen LogP contribution in [0.25, 0.3) is 99.1 Å². The van der Waals surface area contributed by atoms with Gasteiger partial charge in [-0.3, -0.25) is 0 Å². The summed E-state index contributed by atoms with van der Waals surface area (Å²) in [6.45, 7) is 0. The van der Waals surface area contributed by atoms with E-state index in [1.807, 2.05) is 30.3 Å². The molecule has 1 nitrogen and oxygen atoms in total. The molecule has 2 aliphatic rings. The Morgan fingerprint density at radius 2 is 0.673 bits per heavy atom. The fourth-order valence-corrected chi connectivity index (χ4v) is 8.56. The van der Waals surface area contributed by atoms with Gasteiger partial charge >= 0.3 is 0 Å². The van der Waals surface area contributed by atoms with Crippen molar-refractivity contribution in [3.8, 4) is 78.3 Å². The summed E-state index contributed by atoms with van der Waals surface area (Å²) in [5.41, 5.74) is 15.4. The number of ether oxygens (including phenoxy) is 1. The van der Waals surface area contributed by atoms with E-state index in [0.717, 1.165) is 11.5 Å². The summed E-state index contributed by atoms with van der Waals surface area (Å²) in [7, 11) is 0. The minimum atomic E-state index is 0.846. The third-order valence-corrected chi connectivity index (χ3v) is 10.6. The molecule has 11 rings (SSSR count). The molecule has 2 aliphatic carbocycles. The largest absolute Gasteiger partial charge is 0.457 e. The monoisotopic (exact) mass is 620 g/mol. The molecule has 0 bridgehead atoms. The van der Waals surface area contributed by atoms with Crippen molar-refractivity contribution >= 4 is 32.3 Å². The SMILES string of the molecule is c1ccc(Oc2ccc3c(c2)-c2ccc4c5c(ccc-3c25)-c2cc3c(-c5ccccc5)c5ccccc5c(-c5ccccc5)c3cc2-4)cc1. The lowest BCUT2D eigenvalue weighted by Crippen LogP contribution is -1.92. The Hall–Kier alpha value is -6.44. The first-order chi connectivity index (χ1) is 24.3. The van der Waals surface area contributed by atoms with Gasteiger partial charge in [0.15, 0.2) is 0 Å². The van der Waals surface area contributed by atoms with Crippen molar-refractivity contribution in [3.63, 3.8) is 0 Å². The highest BCUT2D eigenvalue weighted by atomic mass is 16.5. The first-order valence-corrected chi connectivity index (χ1v) is 16.9. The van der Waals surface area contributed by atoms with E-state index in [9.17, 15) is 0 Å². The molecule has 0 N–H and O–H groups in total. The van der Waals surface area contributed by atoms with Gasteiger partial charge in [0.05, 0.1) is 0 Å². The van der Waals surface area contributed by atoms with Crippen molar-refractivity contribution in [2.45, 2.75) is 0 Å². The Morgan fingerprint density at radius 3 is 1.18 bits per heavy atom. The zero-order valence-corrected chi connectivity index (χ0v) is 26.6. The van der Waals surface area contributed by atoms with Crippen LogP contribution in [-0.4, -0.2) is 0 Å². The van der Waals surface area contributed by atoms with E-state index in [1.54, 1.807) is 0 Å². The zero-order valence-electron chi connectivity index (χ0n) is 26.6. The molecule has 49 heavy (non-hydrogen) atoms. The number of rotatable bonds is 4. The third kappa shape index (κ3) is 3.76. The molecule has 9 aromatic carbocycles. The van der Waals surface area contributed by atoms with Gasteiger partial charge in [-0.1, -0.05) is 133 Å². The van der Waals surface area contributed by atoms with Crippen LogP contribution in [0, 0.1) is 0 Å². The number of hydrogen-bond donors (Lipinski definition) is 0. The molecule has 0 spiro atoms. The maximum atomic E-state index is 6.28. The van der Waals surface area contributed by atoms with Crippen LogP contribution in [0.3, 0.4) is 0 Å². The van der Waals surface area contributed by atoms with Gasteiger partial charge in [0.2, 0.25) is 0 Å². The summed E-state index contributed by atoms with van der Waals surface area (Å²) in [5.74, 6) is 1.70. The van der Waals surface area contributed by atoms with Crippen LogP contribution in [-0.2, 0) is 0 Å². The number of fused-ring (bicyclic) bond motifs is 8. The molecule has 0 fully saturated rings. The maximum Gasteiger partial charge on any atom is 0.128 e. The van der Waals surface area contributed by atoms with Crippen LogP contribution in [0.2, 0.25) is 0 Å². The van der Waals surface area contributed by atoms with Gasteiger partial charge in [-0.15, -0.1) is 0 Å². The van der Waals surface area contributed by atoms with Crippen molar-refractivity contribution < 1.29 is 4.74 Å². The summed E-state index contributed by atoms with van der Waals surface area (Å²) in [6.07, 6.45) is 0. The van der Waals surface area contributed by atoms with Gasteiger partial charge in [0.25, 0.3) is 0 Å². The van der Waals surface area contributed by atoms with E-state index >= 15 is 0 Å². The summed E-state index contributed by atoms with van der Waals surface area (Å²) in [4.78, 5) is 0. The van der Waals surface area contributed by atoms with E-state index in [2.05, 4.69) is 140 Å². The van der Waals surface area contributed by atoms with Crippen molar-refractivity contribution in [2.75, 3.05) is 0 Å². The second kappa shape index (κ2) is 10.0. The smallest absolute Gasteiger partial charge is 0.128 e. The second-order valence-corrected chi connectivity index (χ2v) is 13.2. The molecule has 0 saturated heterocycles. The van der Waals surface area contributed by atoms with E-state index in [4.69, 9.17) is 4.74 Å². The van der Waals surface area contributed by atoms with Gasteiger partial charge in [-0.05, 0) is 135 Å². The lowest BCUT2D eigenvalue weighted by Gasteiger charge is -2.19. The lowest BCUT2D eigenvalue weighted by atomic mass is 9.84. The fourth-order valence-electron chi connectivity index (χ4n) is 8.56. The highest BCUT2D eigenvalue weighted by molar-refractivity contribution is 6.29. The average Bonchev–Trinajstić information content (AvgIpc) is 3.65. The van der Waals surface area contributed by atoms with Crippen LogP contribution in [0.1, 0.15) is 0 Å². The Bertz CT molecular complexity index is 2700. The normalized spacial score (nSPS) is 12.1. The van der Waals surface area contributed by atoms with E-state index in [1.165, 1.54) is 99.1 Å². The van der Waals surface area contributed by atoms with Crippen LogP contribution >= 0.6 is 0 Å². The number of benzene rings is 9. The Balaban J connectivity index is 1.19. The van der Waals surface area contributed by atoms with Gasteiger partial charge < -0.3 is 4.74 Å². The van der Waals surface area contributed by atoms with Crippen molar-refractivity contribution in [1.82, 2.24) is 0 Å². The zero-order chi connectivity index (χ0) is 32.1. The molecule has 226 valence electrons. The molecular weight excluding hydrogens is 593 g/mol. The molecule has 9 aromatic rings. The Kier molecular flexibility index (Phi) is 5.45. The maximum absolute atomic E-state index is 6.28. The van der Waals surface area contributed by atoms with Crippen LogP contribution in [0.15, 0.2) is 170 Å². The van der Waals surface area contributed by atoms with Crippen LogP contribution in [0.5, 0.6) is 11.5 Å². The summed E-state index contributed by atoms with van der Waals surface area (Å²) >= 11 is 0. The summed E-state index contributed by atoms with van der Waals surface area (Å²) in [5, 5.41) is 7.83. The molecule has 0 atom stereocenters. The van der Waals surface area contributed by atoms with E-state index < -0.39 is 0 Å². The predicted molar refractivity (Wildman–Crippen MR) is 205 cm³/mol. The number of hydrogen-bond acceptors (Lipinski definition) is 1. The molecule has 0 radical (unpaired) electrons. The van der Waals surface area contributed by atoms with Crippen LogP contribution < -0.4 is 4.74 Å². The van der Waals surface area contributed by atoms with E-state index in [0.29, 0.717) is 0 Å². The average molecular weight is 621 g/mol. The molecule has 0 unspecified atom stereocenters. The van der Waals surface area contributed by atoms with Gasteiger partial charge in [0, 0.05) is 0 Å².